The zero-order chi connectivity index (χ0) is 21.5. The molecule has 0 aliphatic heterocycles. The van der Waals surface area contributed by atoms with Gasteiger partial charge < -0.3 is 15.4 Å². The molecule has 1 saturated carbocycles. The molecule has 0 atom stereocenters. The maximum absolute atomic E-state index is 13.3. The molecule has 2 aromatic carbocycles. The molecule has 1 aliphatic rings. The third kappa shape index (κ3) is 5.54. The Morgan fingerprint density at radius 3 is 2.45 bits per heavy atom. The van der Waals surface area contributed by atoms with Crippen LogP contribution >= 0.6 is 0 Å². The molecule has 2 N–H and O–H groups in total. The molecule has 1 heterocycles. The van der Waals surface area contributed by atoms with E-state index in [1.165, 1.54) is 32.1 Å². The summed E-state index contributed by atoms with van der Waals surface area (Å²) >= 11 is 0. The van der Waals surface area contributed by atoms with Crippen LogP contribution in [0.5, 0.6) is 5.75 Å². The van der Waals surface area contributed by atoms with Crippen LogP contribution in [0.15, 0.2) is 54.6 Å². The minimum atomic E-state index is -0.0149. The van der Waals surface area contributed by atoms with Gasteiger partial charge in [0.2, 0.25) is 0 Å². The number of anilines is 2. The topological polar surface area (TPSA) is 63.2 Å². The fourth-order valence-electron chi connectivity index (χ4n) is 4.24. The molecule has 4 rings (SSSR count). The first-order chi connectivity index (χ1) is 15.2. The lowest BCUT2D eigenvalue weighted by atomic mass is 9.96. The van der Waals surface area contributed by atoms with E-state index in [0.717, 1.165) is 35.2 Å². The number of pyridine rings is 1. The average molecular weight is 418 g/mol. The number of benzene rings is 2. The summed E-state index contributed by atoms with van der Waals surface area (Å²) in [7, 11) is 0. The minimum absolute atomic E-state index is 0.0149. The van der Waals surface area contributed by atoms with E-state index < -0.39 is 0 Å². The van der Waals surface area contributed by atoms with Gasteiger partial charge >= 0.3 is 0 Å². The van der Waals surface area contributed by atoms with Gasteiger partial charge in [-0.15, -0.1) is 0 Å². The normalized spacial score (nSPS) is 15.1. The number of carbonyl (C=O) groups excluding carboxylic acids is 1. The maximum atomic E-state index is 13.3. The van der Waals surface area contributed by atoms with Crippen LogP contribution in [0.1, 0.15) is 62.2 Å². The zero-order valence-corrected chi connectivity index (χ0v) is 18.2. The van der Waals surface area contributed by atoms with Crippen molar-refractivity contribution >= 4 is 28.3 Å². The Kier molecular flexibility index (Phi) is 7.03. The van der Waals surface area contributed by atoms with Crippen LogP contribution in [0, 0.1) is 0 Å². The summed E-state index contributed by atoms with van der Waals surface area (Å²) in [5.41, 5.74) is 2.37. The van der Waals surface area contributed by atoms with Crippen molar-refractivity contribution in [3.63, 3.8) is 0 Å². The maximum Gasteiger partial charge on any atom is 0.252 e. The van der Waals surface area contributed by atoms with Crippen LogP contribution in [-0.4, -0.2) is 23.5 Å². The second-order valence-corrected chi connectivity index (χ2v) is 8.17. The molecular formula is C26H31N3O2. The van der Waals surface area contributed by atoms with Crippen molar-refractivity contribution in [1.29, 1.82) is 0 Å². The highest BCUT2D eigenvalue weighted by Crippen LogP contribution is 2.25. The summed E-state index contributed by atoms with van der Waals surface area (Å²) in [5.74, 6) is 1.48. The zero-order valence-electron chi connectivity index (χ0n) is 18.2. The predicted octanol–water partition coefficient (Wildman–Crippen LogP) is 6.22. The number of nitrogens with zero attached hydrogens (tertiary/aromatic N) is 1. The molecule has 0 bridgehead atoms. The number of aromatic nitrogens is 1. The van der Waals surface area contributed by atoms with Gasteiger partial charge in [-0.05, 0) is 56.2 Å². The summed E-state index contributed by atoms with van der Waals surface area (Å²) in [5, 5.41) is 7.51. The van der Waals surface area contributed by atoms with E-state index in [9.17, 15) is 4.79 Å². The standard InChI is InChI=1S/C26H31N3O2/c1-2-31-21-16-14-20(15-17-21)27-25-18-23(22-12-8-9-13-24(22)29-25)26(30)28-19-10-6-4-3-5-7-11-19/h8-9,12-19H,2-7,10-11H2,1H3,(H,27,29)(H,28,30). The Hall–Kier alpha value is -3.08. The van der Waals surface area contributed by atoms with Gasteiger partial charge in [-0.25, -0.2) is 4.98 Å². The molecule has 5 heteroatoms. The second-order valence-electron chi connectivity index (χ2n) is 8.17. The van der Waals surface area contributed by atoms with Crippen LogP contribution in [0.25, 0.3) is 10.9 Å². The summed E-state index contributed by atoms with van der Waals surface area (Å²) in [6, 6.07) is 17.7. The van der Waals surface area contributed by atoms with Crippen molar-refractivity contribution in [1.82, 2.24) is 10.3 Å². The van der Waals surface area contributed by atoms with E-state index in [1.807, 2.05) is 61.5 Å². The number of amides is 1. The van der Waals surface area contributed by atoms with Gasteiger partial charge in [0, 0.05) is 17.1 Å². The van der Waals surface area contributed by atoms with Crippen LogP contribution in [0.3, 0.4) is 0 Å². The molecular weight excluding hydrogens is 386 g/mol. The third-order valence-corrected chi connectivity index (χ3v) is 5.84. The van der Waals surface area contributed by atoms with E-state index >= 15 is 0 Å². The number of nitrogens with one attached hydrogen (secondary N) is 2. The lowest BCUT2D eigenvalue weighted by Gasteiger charge is -2.21. The molecule has 1 amide bonds. The van der Waals surface area contributed by atoms with Crippen molar-refractivity contribution in [3.8, 4) is 5.75 Å². The van der Waals surface area contributed by atoms with E-state index in [2.05, 4.69) is 10.6 Å². The Labute approximate surface area is 184 Å². The highest BCUT2D eigenvalue weighted by molar-refractivity contribution is 6.07. The molecule has 162 valence electrons. The van der Waals surface area contributed by atoms with Gasteiger partial charge in [-0.3, -0.25) is 4.79 Å². The van der Waals surface area contributed by atoms with Crippen molar-refractivity contribution in [2.45, 2.75) is 57.9 Å². The molecule has 1 aromatic heterocycles. The second kappa shape index (κ2) is 10.3. The van der Waals surface area contributed by atoms with E-state index in [-0.39, 0.29) is 11.9 Å². The Morgan fingerprint density at radius 2 is 1.71 bits per heavy atom. The van der Waals surface area contributed by atoms with Crippen LogP contribution < -0.4 is 15.4 Å². The number of ether oxygens (including phenoxy) is 1. The molecule has 31 heavy (non-hydrogen) atoms. The molecule has 1 aliphatic carbocycles. The van der Waals surface area contributed by atoms with Gasteiger partial charge in [0.15, 0.2) is 0 Å². The Balaban J connectivity index is 1.57. The number of hydrogen-bond donors (Lipinski definition) is 2. The molecule has 1 fully saturated rings. The van der Waals surface area contributed by atoms with E-state index in [0.29, 0.717) is 18.0 Å². The predicted molar refractivity (Wildman–Crippen MR) is 126 cm³/mol. The molecule has 5 nitrogen and oxygen atoms in total. The first-order valence-electron chi connectivity index (χ1n) is 11.4. The SMILES string of the molecule is CCOc1ccc(Nc2cc(C(=O)NC3CCCCCCC3)c3ccccc3n2)cc1. The van der Waals surface area contributed by atoms with Crippen molar-refractivity contribution in [2.75, 3.05) is 11.9 Å². The van der Waals surface area contributed by atoms with Gasteiger partial charge in [0.05, 0.1) is 17.7 Å². The van der Waals surface area contributed by atoms with Crippen molar-refractivity contribution in [3.05, 3.63) is 60.2 Å². The quantitative estimate of drug-likeness (QED) is 0.500. The van der Waals surface area contributed by atoms with Crippen molar-refractivity contribution < 1.29 is 9.53 Å². The molecule has 0 unspecified atom stereocenters. The highest BCUT2D eigenvalue weighted by atomic mass is 16.5. The Morgan fingerprint density at radius 1 is 1.00 bits per heavy atom. The molecule has 0 spiro atoms. The summed E-state index contributed by atoms with van der Waals surface area (Å²) < 4.78 is 5.51. The van der Waals surface area contributed by atoms with Gasteiger partial charge in [0.25, 0.3) is 5.91 Å². The highest BCUT2D eigenvalue weighted by Gasteiger charge is 2.18. The monoisotopic (exact) mass is 417 g/mol. The fraction of sp³-hybridized carbons (Fsp3) is 0.385. The minimum Gasteiger partial charge on any atom is -0.494 e. The largest absolute Gasteiger partial charge is 0.494 e. The van der Waals surface area contributed by atoms with Crippen LogP contribution in [0.4, 0.5) is 11.5 Å². The first kappa shape index (κ1) is 21.2. The number of fused-ring (bicyclic) bond motifs is 1. The smallest absolute Gasteiger partial charge is 0.252 e. The van der Waals surface area contributed by atoms with Crippen LogP contribution in [0.2, 0.25) is 0 Å². The lowest BCUT2D eigenvalue weighted by Crippen LogP contribution is -2.35. The summed E-state index contributed by atoms with van der Waals surface area (Å²) in [6.45, 7) is 2.60. The summed E-state index contributed by atoms with van der Waals surface area (Å²) in [4.78, 5) is 18.0. The average Bonchev–Trinajstić information content (AvgIpc) is 2.76. The van der Waals surface area contributed by atoms with E-state index in [4.69, 9.17) is 9.72 Å². The lowest BCUT2D eigenvalue weighted by molar-refractivity contribution is 0.0932. The fourth-order valence-corrected chi connectivity index (χ4v) is 4.24. The number of hydrogen-bond acceptors (Lipinski definition) is 4. The van der Waals surface area contributed by atoms with Crippen LogP contribution in [-0.2, 0) is 0 Å². The van der Waals surface area contributed by atoms with Crippen molar-refractivity contribution in [2.24, 2.45) is 0 Å². The third-order valence-electron chi connectivity index (χ3n) is 5.84. The molecule has 0 radical (unpaired) electrons. The number of para-hydroxylation sites is 1. The first-order valence-corrected chi connectivity index (χ1v) is 11.4. The summed E-state index contributed by atoms with van der Waals surface area (Å²) in [6.07, 6.45) is 8.34. The number of carbonyl (C=O) groups is 1. The van der Waals surface area contributed by atoms with Gasteiger partial charge in [0.1, 0.15) is 11.6 Å². The molecule has 0 saturated heterocycles. The molecule has 3 aromatic rings. The van der Waals surface area contributed by atoms with E-state index in [1.54, 1.807) is 0 Å². The number of rotatable bonds is 6. The Bertz CT molecular complexity index is 1010. The van der Waals surface area contributed by atoms with Gasteiger partial charge in [-0.1, -0.05) is 50.3 Å². The van der Waals surface area contributed by atoms with Gasteiger partial charge in [-0.2, -0.15) is 0 Å².